The summed E-state index contributed by atoms with van der Waals surface area (Å²) in [4.78, 5) is 18.6. The van der Waals surface area contributed by atoms with E-state index in [0.717, 1.165) is 27.0 Å². The van der Waals surface area contributed by atoms with Gasteiger partial charge in [0.1, 0.15) is 0 Å². The van der Waals surface area contributed by atoms with Crippen LogP contribution < -0.4 is 5.43 Å². The number of nitrogens with one attached hydrogen (secondary N) is 1. The number of rotatable bonds is 5. The Hall–Kier alpha value is -3.31. The lowest BCUT2D eigenvalue weighted by atomic mass is 9.99. The Labute approximate surface area is 173 Å². The van der Waals surface area contributed by atoms with Crippen LogP contribution in [0.5, 0.6) is 0 Å². The van der Waals surface area contributed by atoms with Crippen molar-refractivity contribution in [3.8, 4) is 11.3 Å². The minimum absolute atomic E-state index is 0.253. The van der Waals surface area contributed by atoms with Crippen molar-refractivity contribution in [3.63, 3.8) is 0 Å². The van der Waals surface area contributed by atoms with Crippen LogP contribution in [0.25, 0.3) is 22.2 Å². The molecule has 0 saturated heterocycles. The molecule has 0 saturated carbocycles. The van der Waals surface area contributed by atoms with E-state index >= 15 is 0 Å². The van der Waals surface area contributed by atoms with E-state index in [2.05, 4.69) is 48.6 Å². The fraction of sp³-hybridized carbons (Fsp3) is 0.125. The van der Waals surface area contributed by atoms with E-state index in [4.69, 9.17) is 4.98 Å². The molecule has 144 valence electrons. The monoisotopic (exact) mass is 399 g/mol. The molecular weight excluding hydrogens is 378 g/mol. The highest BCUT2D eigenvalue weighted by Crippen LogP contribution is 2.26. The number of aromatic nitrogens is 1. The number of fused-ring (bicyclic) bond motifs is 1. The van der Waals surface area contributed by atoms with Crippen LogP contribution in [0.2, 0.25) is 0 Å². The van der Waals surface area contributed by atoms with Gasteiger partial charge in [0.05, 0.1) is 23.0 Å². The fourth-order valence-electron chi connectivity index (χ4n) is 3.13. The van der Waals surface area contributed by atoms with Crippen LogP contribution in [-0.2, 0) is 0 Å². The Morgan fingerprint density at radius 3 is 2.59 bits per heavy atom. The first-order valence-corrected chi connectivity index (χ1v) is 10.4. The molecule has 0 fully saturated rings. The van der Waals surface area contributed by atoms with Gasteiger partial charge in [0, 0.05) is 15.8 Å². The zero-order chi connectivity index (χ0) is 20.2. The highest BCUT2D eigenvalue weighted by Gasteiger charge is 2.13. The summed E-state index contributed by atoms with van der Waals surface area (Å²) in [7, 11) is 0. The van der Waals surface area contributed by atoms with Crippen molar-refractivity contribution in [1.82, 2.24) is 10.4 Å². The Morgan fingerprint density at radius 2 is 1.86 bits per heavy atom. The van der Waals surface area contributed by atoms with Gasteiger partial charge in [-0.2, -0.15) is 5.10 Å². The summed E-state index contributed by atoms with van der Waals surface area (Å²) in [5.41, 5.74) is 7.01. The summed E-state index contributed by atoms with van der Waals surface area (Å²) in [5, 5.41) is 6.87. The van der Waals surface area contributed by atoms with Crippen molar-refractivity contribution >= 4 is 34.4 Å². The third kappa shape index (κ3) is 4.25. The normalized spacial score (nSPS) is 11.4. The maximum atomic E-state index is 12.9. The lowest BCUT2D eigenvalue weighted by molar-refractivity contribution is 0.0957. The van der Waals surface area contributed by atoms with E-state index in [-0.39, 0.29) is 5.91 Å². The molecule has 0 atom stereocenters. The van der Waals surface area contributed by atoms with Gasteiger partial charge in [-0.1, -0.05) is 62.4 Å². The second-order valence-electron chi connectivity index (χ2n) is 7.06. The first-order chi connectivity index (χ1) is 14.1. The molecular formula is C24H21N3OS. The molecule has 4 aromatic rings. The third-order valence-electron chi connectivity index (χ3n) is 4.73. The number of nitrogens with zero attached hydrogens (tertiary/aromatic N) is 2. The van der Waals surface area contributed by atoms with E-state index in [1.54, 1.807) is 17.6 Å². The number of carbonyl (C=O) groups excluding carboxylic acids is 1. The van der Waals surface area contributed by atoms with Crippen molar-refractivity contribution in [3.05, 3.63) is 88.1 Å². The van der Waals surface area contributed by atoms with Gasteiger partial charge in [-0.05, 0) is 35.1 Å². The van der Waals surface area contributed by atoms with E-state index in [1.165, 1.54) is 5.56 Å². The van der Waals surface area contributed by atoms with Gasteiger partial charge in [-0.3, -0.25) is 4.79 Å². The quantitative estimate of drug-likeness (QED) is 0.338. The smallest absolute Gasteiger partial charge is 0.267 e. The number of hydrogen-bond acceptors (Lipinski definition) is 4. The molecule has 5 heteroatoms. The zero-order valence-corrected chi connectivity index (χ0v) is 17.1. The largest absolute Gasteiger partial charge is 0.272 e. The molecule has 0 aliphatic heterocycles. The Bertz CT molecular complexity index is 1160. The summed E-state index contributed by atoms with van der Waals surface area (Å²) in [6.07, 6.45) is 1.65. The van der Waals surface area contributed by atoms with Gasteiger partial charge >= 0.3 is 0 Å². The Balaban J connectivity index is 1.69. The van der Waals surface area contributed by atoms with Crippen LogP contribution in [-0.4, -0.2) is 17.1 Å². The molecule has 0 radical (unpaired) electrons. The predicted octanol–water partition coefficient (Wildman–Crippen LogP) is 5.85. The molecule has 1 amide bonds. The molecule has 4 rings (SSSR count). The van der Waals surface area contributed by atoms with Gasteiger partial charge in [0.25, 0.3) is 5.91 Å². The summed E-state index contributed by atoms with van der Waals surface area (Å²) in [6.45, 7) is 4.34. The molecule has 4 nitrogen and oxygen atoms in total. The van der Waals surface area contributed by atoms with Crippen molar-refractivity contribution in [2.75, 3.05) is 0 Å². The van der Waals surface area contributed by atoms with Gasteiger partial charge < -0.3 is 0 Å². The van der Waals surface area contributed by atoms with Crippen LogP contribution >= 0.6 is 11.3 Å². The Morgan fingerprint density at radius 1 is 1.07 bits per heavy atom. The molecule has 29 heavy (non-hydrogen) atoms. The maximum absolute atomic E-state index is 12.9. The van der Waals surface area contributed by atoms with Crippen molar-refractivity contribution in [2.24, 2.45) is 5.10 Å². The number of hydrazone groups is 1. The molecule has 0 bridgehead atoms. The standard InChI is InChI=1S/C24H21N3OS/c1-16(2)17-9-11-18(12-10-17)23-14-21(20-7-3-4-8-22(20)26-23)24(28)27-25-15-19-6-5-13-29-19/h3-16H,1-2H3,(H,27,28)/b25-15+. The lowest BCUT2D eigenvalue weighted by Crippen LogP contribution is -2.18. The van der Waals surface area contributed by atoms with Crippen LogP contribution in [0, 0.1) is 0 Å². The Kier molecular flexibility index (Phi) is 5.49. The molecule has 2 aromatic carbocycles. The van der Waals surface area contributed by atoms with Gasteiger partial charge in [0.2, 0.25) is 0 Å². The van der Waals surface area contributed by atoms with Crippen LogP contribution in [0.1, 0.15) is 40.6 Å². The fourth-order valence-corrected chi connectivity index (χ4v) is 3.71. The van der Waals surface area contributed by atoms with E-state index in [9.17, 15) is 4.79 Å². The van der Waals surface area contributed by atoms with Gasteiger partial charge in [-0.25, -0.2) is 10.4 Å². The molecule has 2 heterocycles. The molecule has 1 N–H and O–H groups in total. The number of amides is 1. The second-order valence-corrected chi connectivity index (χ2v) is 8.04. The first-order valence-electron chi connectivity index (χ1n) is 9.49. The van der Waals surface area contributed by atoms with Crippen LogP contribution in [0.15, 0.2) is 77.2 Å². The van der Waals surface area contributed by atoms with E-state index in [1.807, 2.05) is 47.8 Å². The number of pyridine rings is 1. The van der Waals surface area contributed by atoms with Crippen molar-refractivity contribution in [2.45, 2.75) is 19.8 Å². The van der Waals surface area contributed by atoms with Crippen LogP contribution in [0.4, 0.5) is 0 Å². The lowest BCUT2D eigenvalue weighted by Gasteiger charge is -2.10. The maximum Gasteiger partial charge on any atom is 0.272 e. The average Bonchev–Trinajstić information content (AvgIpc) is 3.26. The van der Waals surface area contributed by atoms with Crippen molar-refractivity contribution in [1.29, 1.82) is 0 Å². The van der Waals surface area contributed by atoms with Crippen molar-refractivity contribution < 1.29 is 4.79 Å². The van der Waals surface area contributed by atoms with E-state index < -0.39 is 0 Å². The number of carbonyl (C=O) groups is 1. The SMILES string of the molecule is CC(C)c1ccc(-c2cc(C(=O)N/N=C/c3cccs3)c3ccccc3n2)cc1. The minimum atomic E-state index is -0.253. The highest BCUT2D eigenvalue weighted by molar-refractivity contribution is 7.11. The van der Waals surface area contributed by atoms with Crippen LogP contribution in [0.3, 0.4) is 0 Å². The molecule has 0 aliphatic rings. The van der Waals surface area contributed by atoms with Gasteiger partial charge in [0.15, 0.2) is 0 Å². The zero-order valence-electron chi connectivity index (χ0n) is 16.3. The minimum Gasteiger partial charge on any atom is -0.267 e. The molecule has 0 unspecified atom stereocenters. The third-order valence-corrected chi connectivity index (χ3v) is 5.54. The predicted molar refractivity (Wildman–Crippen MR) is 121 cm³/mol. The highest BCUT2D eigenvalue weighted by atomic mass is 32.1. The topological polar surface area (TPSA) is 54.4 Å². The number of thiophene rings is 1. The summed E-state index contributed by atoms with van der Waals surface area (Å²) in [5.74, 6) is 0.215. The first kappa shape index (κ1) is 19.0. The second kappa shape index (κ2) is 8.37. The molecule has 0 aliphatic carbocycles. The van der Waals surface area contributed by atoms with Gasteiger partial charge in [-0.15, -0.1) is 11.3 Å². The molecule has 0 spiro atoms. The molecule has 2 aromatic heterocycles. The number of benzene rings is 2. The average molecular weight is 400 g/mol. The number of hydrogen-bond donors (Lipinski definition) is 1. The van der Waals surface area contributed by atoms with E-state index in [0.29, 0.717) is 11.5 Å². The summed E-state index contributed by atoms with van der Waals surface area (Å²) >= 11 is 1.57. The summed E-state index contributed by atoms with van der Waals surface area (Å²) in [6, 6.07) is 21.7. The number of para-hydroxylation sites is 1. The summed E-state index contributed by atoms with van der Waals surface area (Å²) < 4.78 is 0.